The first-order valence-corrected chi connectivity index (χ1v) is 9.53. The van der Waals surface area contributed by atoms with Gasteiger partial charge in [-0.05, 0) is 73.1 Å². The molecule has 2 aliphatic carbocycles. The number of hydrogen-bond donors (Lipinski definition) is 1. The van der Waals surface area contributed by atoms with Crippen LogP contribution in [-0.4, -0.2) is 16.8 Å². The summed E-state index contributed by atoms with van der Waals surface area (Å²) in [6.45, 7) is 4.36. The Labute approximate surface area is 149 Å². The Morgan fingerprint density at radius 2 is 2.21 bits per heavy atom. The minimum atomic E-state index is 0.0166. The van der Waals surface area contributed by atoms with Gasteiger partial charge < -0.3 is 5.11 Å². The van der Waals surface area contributed by atoms with E-state index in [0.717, 1.165) is 19.3 Å². The lowest BCUT2D eigenvalue weighted by molar-refractivity contribution is -0.126. The zero-order chi connectivity index (χ0) is 17.3. The number of allylic oxidation sites excluding steroid dienone is 2. The van der Waals surface area contributed by atoms with Gasteiger partial charge in [-0.25, -0.2) is 0 Å². The van der Waals surface area contributed by atoms with Gasteiger partial charge in [-0.3, -0.25) is 4.79 Å². The molecule has 24 heavy (non-hydrogen) atoms. The number of carbonyl (C=O) groups is 1. The second kappa shape index (κ2) is 6.92. The number of halogens is 1. The summed E-state index contributed by atoms with van der Waals surface area (Å²) in [5.74, 6) is 2.29. The molecule has 1 aromatic rings. The molecule has 0 heterocycles. The number of aromatic hydroxyl groups is 1. The highest BCUT2D eigenvalue weighted by atomic mass is 35.5. The van der Waals surface area contributed by atoms with E-state index in [1.807, 2.05) is 12.1 Å². The van der Waals surface area contributed by atoms with E-state index >= 15 is 0 Å². The van der Waals surface area contributed by atoms with Gasteiger partial charge in [0.2, 0.25) is 0 Å². The van der Waals surface area contributed by atoms with E-state index in [-0.39, 0.29) is 5.41 Å². The largest absolute Gasteiger partial charge is 0.508 e. The average molecular weight is 347 g/mol. The number of fused-ring (bicyclic) bond motifs is 1. The molecule has 3 rings (SSSR count). The monoisotopic (exact) mass is 346 g/mol. The standard InChI is InChI=1S/C21H27ClO2/c1-14-3-7-18(23)11-15(14)4-5-16-12-19(24)13-21(2)17(9-10-22)6-8-20(16)21/h3,7,9,11,16,20,23H,4-6,8,10,12-13H2,1-2H3. The van der Waals surface area contributed by atoms with E-state index in [1.165, 1.54) is 23.1 Å². The summed E-state index contributed by atoms with van der Waals surface area (Å²) in [5.41, 5.74) is 3.83. The number of Topliss-reactive ketones (excluding diaryl/α,β-unsaturated/α-hetero) is 1. The molecule has 3 heteroatoms. The van der Waals surface area contributed by atoms with E-state index in [1.54, 1.807) is 6.07 Å². The van der Waals surface area contributed by atoms with Crippen molar-refractivity contribution in [2.45, 2.75) is 52.4 Å². The molecule has 0 amide bonds. The van der Waals surface area contributed by atoms with Crippen molar-refractivity contribution in [2.75, 3.05) is 5.88 Å². The fourth-order valence-corrected chi connectivity index (χ4v) is 5.26. The molecule has 0 spiro atoms. The van der Waals surface area contributed by atoms with Crippen LogP contribution in [0, 0.1) is 24.2 Å². The van der Waals surface area contributed by atoms with Crippen molar-refractivity contribution >= 4 is 17.4 Å². The summed E-state index contributed by atoms with van der Waals surface area (Å²) in [5, 5.41) is 9.73. The molecule has 130 valence electrons. The lowest BCUT2D eigenvalue weighted by Crippen LogP contribution is -2.38. The molecule has 2 saturated carbocycles. The van der Waals surface area contributed by atoms with Crippen molar-refractivity contribution in [1.82, 2.24) is 0 Å². The van der Waals surface area contributed by atoms with Crippen molar-refractivity contribution in [1.29, 1.82) is 0 Å². The van der Waals surface area contributed by atoms with E-state index in [0.29, 0.717) is 42.1 Å². The van der Waals surface area contributed by atoms with Gasteiger partial charge in [0.15, 0.2) is 0 Å². The fourth-order valence-electron chi connectivity index (χ4n) is 5.07. The van der Waals surface area contributed by atoms with Crippen molar-refractivity contribution in [3.05, 3.63) is 41.0 Å². The lowest BCUT2D eigenvalue weighted by Gasteiger charge is -2.42. The van der Waals surface area contributed by atoms with Crippen LogP contribution in [0.1, 0.15) is 50.2 Å². The Balaban J connectivity index is 1.77. The number of benzene rings is 1. The topological polar surface area (TPSA) is 37.3 Å². The summed E-state index contributed by atoms with van der Waals surface area (Å²) in [6, 6.07) is 5.57. The molecule has 1 aromatic carbocycles. The number of carbonyl (C=O) groups excluding carboxylic acids is 1. The van der Waals surface area contributed by atoms with Crippen LogP contribution >= 0.6 is 11.6 Å². The van der Waals surface area contributed by atoms with Crippen LogP contribution in [-0.2, 0) is 11.2 Å². The van der Waals surface area contributed by atoms with Crippen LogP contribution in [0.4, 0.5) is 0 Å². The third-order valence-corrected chi connectivity index (χ3v) is 6.49. The molecule has 2 nitrogen and oxygen atoms in total. The molecule has 3 atom stereocenters. The molecule has 0 saturated heterocycles. The molecule has 0 bridgehead atoms. The van der Waals surface area contributed by atoms with Crippen LogP contribution in [0.5, 0.6) is 5.75 Å². The van der Waals surface area contributed by atoms with Crippen molar-refractivity contribution in [3.63, 3.8) is 0 Å². The smallest absolute Gasteiger partial charge is 0.134 e. The van der Waals surface area contributed by atoms with Crippen molar-refractivity contribution in [3.8, 4) is 5.75 Å². The molecular formula is C21H27ClO2. The second-order valence-corrected chi connectivity index (χ2v) is 8.08. The summed E-state index contributed by atoms with van der Waals surface area (Å²) >= 11 is 5.94. The first-order valence-electron chi connectivity index (χ1n) is 8.99. The van der Waals surface area contributed by atoms with E-state index in [9.17, 15) is 9.90 Å². The Bertz CT molecular complexity index is 664. The number of phenols is 1. The summed E-state index contributed by atoms with van der Waals surface area (Å²) in [7, 11) is 0. The van der Waals surface area contributed by atoms with Crippen molar-refractivity contribution < 1.29 is 9.90 Å². The zero-order valence-corrected chi connectivity index (χ0v) is 15.4. The molecule has 0 radical (unpaired) electrons. The normalized spacial score (nSPS) is 31.5. The molecule has 0 aromatic heterocycles. The van der Waals surface area contributed by atoms with Gasteiger partial charge in [-0.2, -0.15) is 0 Å². The number of hydrogen-bond acceptors (Lipinski definition) is 2. The van der Waals surface area contributed by atoms with Gasteiger partial charge in [-0.15, -0.1) is 11.6 Å². The molecule has 2 aliphatic rings. The molecule has 2 fully saturated rings. The van der Waals surface area contributed by atoms with Gasteiger partial charge in [0.05, 0.1) is 0 Å². The Morgan fingerprint density at radius 3 is 2.96 bits per heavy atom. The first kappa shape index (κ1) is 17.5. The minimum absolute atomic E-state index is 0.0166. The predicted molar refractivity (Wildman–Crippen MR) is 98.5 cm³/mol. The number of phenolic OH excluding ortho intramolecular Hbond substituents is 1. The zero-order valence-electron chi connectivity index (χ0n) is 14.6. The van der Waals surface area contributed by atoms with E-state index < -0.39 is 0 Å². The molecule has 1 N–H and O–H groups in total. The third kappa shape index (κ3) is 3.26. The molecule has 0 aliphatic heterocycles. The minimum Gasteiger partial charge on any atom is -0.508 e. The highest BCUT2D eigenvalue weighted by Crippen LogP contribution is 2.57. The second-order valence-electron chi connectivity index (χ2n) is 7.78. The summed E-state index contributed by atoms with van der Waals surface area (Å²) in [4.78, 5) is 12.4. The number of alkyl halides is 1. The highest BCUT2D eigenvalue weighted by molar-refractivity contribution is 6.18. The van der Waals surface area contributed by atoms with Crippen LogP contribution in [0.25, 0.3) is 0 Å². The van der Waals surface area contributed by atoms with Gasteiger partial charge in [0.25, 0.3) is 0 Å². The quantitative estimate of drug-likeness (QED) is 0.601. The Morgan fingerprint density at radius 1 is 1.42 bits per heavy atom. The third-order valence-electron chi connectivity index (χ3n) is 6.34. The van der Waals surface area contributed by atoms with E-state index in [4.69, 9.17) is 11.6 Å². The number of rotatable bonds is 4. The average Bonchev–Trinajstić information content (AvgIpc) is 2.85. The Kier molecular flexibility index (Phi) is 5.05. The number of aryl methyl sites for hydroxylation is 2. The van der Waals surface area contributed by atoms with Crippen LogP contribution in [0.2, 0.25) is 0 Å². The maximum Gasteiger partial charge on any atom is 0.134 e. The summed E-state index contributed by atoms with van der Waals surface area (Å²) in [6.07, 6.45) is 7.74. The first-order chi connectivity index (χ1) is 11.4. The number of ketones is 1. The van der Waals surface area contributed by atoms with E-state index in [2.05, 4.69) is 19.9 Å². The maximum absolute atomic E-state index is 12.4. The fraction of sp³-hybridized carbons (Fsp3) is 0.571. The van der Waals surface area contributed by atoms with Gasteiger partial charge >= 0.3 is 0 Å². The highest BCUT2D eigenvalue weighted by Gasteiger charge is 2.50. The van der Waals surface area contributed by atoms with Crippen molar-refractivity contribution in [2.24, 2.45) is 17.3 Å². The molecule has 3 unspecified atom stereocenters. The van der Waals surface area contributed by atoms with Crippen LogP contribution in [0.3, 0.4) is 0 Å². The van der Waals surface area contributed by atoms with Crippen LogP contribution < -0.4 is 0 Å². The predicted octanol–water partition coefficient (Wildman–Crippen LogP) is 5.19. The van der Waals surface area contributed by atoms with Gasteiger partial charge in [0, 0.05) is 18.7 Å². The van der Waals surface area contributed by atoms with Gasteiger partial charge in [-0.1, -0.05) is 24.6 Å². The molecular weight excluding hydrogens is 320 g/mol. The summed E-state index contributed by atoms with van der Waals surface area (Å²) < 4.78 is 0. The maximum atomic E-state index is 12.4. The SMILES string of the molecule is Cc1ccc(O)cc1CCC1CC(=O)CC2(C)C(=CCCl)CCC12. The van der Waals surface area contributed by atoms with Crippen LogP contribution in [0.15, 0.2) is 29.8 Å². The Hall–Kier alpha value is -1.28. The lowest BCUT2D eigenvalue weighted by atomic mass is 9.61. The van der Waals surface area contributed by atoms with Gasteiger partial charge in [0.1, 0.15) is 11.5 Å².